The van der Waals surface area contributed by atoms with Gasteiger partial charge in [0.15, 0.2) is 12.6 Å². The normalized spacial score (nSPS) is 10.7. The molecule has 176 valence electrons. The highest BCUT2D eigenvalue weighted by Crippen LogP contribution is 2.42. The van der Waals surface area contributed by atoms with Crippen LogP contribution in [0.2, 0.25) is 10.0 Å². The van der Waals surface area contributed by atoms with Gasteiger partial charge in [0, 0.05) is 28.5 Å². The summed E-state index contributed by atoms with van der Waals surface area (Å²) in [7, 11) is 2.77. The van der Waals surface area contributed by atoms with Gasteiger partial charge in [-0.15, -0.1) is 0 Å². The Labute approximate surface area is 210 Å². The van der Waals surface area contributed by atoms with Crippen molar-refractivity contribution >= 4 is 35.8 Å². The molecule has 2 heterocycles. The highest BCUT2D eigenvalue weighted by molar-refractivity contribution is 6.39. The smallest absolute Gasteiger partial charge is 0.224 e. The van der Waals surface area contributed by atoms with Gasteiger partial charge in [-0.2, -0.15) is 0 Å². The third kappa shape index (κ3) is 4.48. The van der Waals surface area contributed by atoms with Crippen molar-refractivity contribution in [2.45, 2.75) is 0 Å². The summed E-state index contributed by atoms with van der Waals surface area (Å²) in [6.45, 7) is 0. The van der Waals surface area contributed by atoms with Gasteiger partial charge in [0.2, 0.25) is 5.88 Å². The molecule has 0 spiro atoms. The van der Waals surface area contributed by atoms with Crippen LogP contribution in [0.3, 0.4) is 0 Å². The van der Waals surface area contributed by atoms with Gasteiger partial charge in [-0.3, -0.25) is 14.6 Å². The lowest BCUT2D eigenvalue weighted by atomic mass is 9.99. The van der Waals surface area contributed by atoms with Crippen LogP contribution >= 0.6 is 23.2 Å². The zero-order valence-corrected chi connectivity index (χ0v) is 20.0. The van der Waals surface area contributed by atoms with Crippen molar-refractivity contribution in [3.63, 3.8) is 0 Å². The summed E-state index contributed by atoms with van der Waals surface area (Å²) < 4.78 is 24.9. The van der Waals surface area contributed by atoms with Crippen LogP contribution in [-0.4, -0.2) is 36.8 Å². The molecule has 0 saturated carbocycles. The first-order valence-electron chi connectivity index (χ1n) is 10.2. The van der Waals surface area contributed by atoms with Gasteiger partial charge in [-0.25, -0.2) is 9.37 Å². The number of pyridine rings is 2. The molecule has 0 fully saturated rings. The van der Waals surface area contributed by atoms with E-state index in [-0.39, 0.29) is 27.9 Å². The van der Waals surface area contributed by atoms with Crippen molar-refractivity contribution in [2.24, 2.45) is 0 Å². The number of nitrogens with zero attached hydrogens (tertiary/aromatic N) is 2. The number of hydrogen-bond acceptors (Lipinski definition) is 6. The van der Waals surface area contributed by atoms with E-state index in [9.17, 15) is 14.0 Å². The van der Waals surface area contributed by atoms with Gasteiger partial charge in [-0.1, -0.05) is 41.4 Å². The SMILES string of the molecule is COc1cc(-c2nccc(-c3cccc(-c4ccc(C=O)c(OC)n4)c3Cl)c2Cl)cc(F)c1C=O. The molecule has 35 heavy (non-hydrogen) atoms. The summed E-state index contributed by atoms with van der Waals surface area (Å²) in [4.78, 5) is 31.1. The topological polar surface area (TPSA) is 78.4 Å². The Balaban J connectivity index is 1.85. The minimum Gasteiger partial charge on any atom is -0.496 e. The van der Waals surface area contributed by atoms with Crippen LogP contribution in [0.5, 0.6) is 11.6 Å². The summed E-state index contributed by atoms with van der Waals surface area (Å²) in [5.74, 6) is -0.508. The average molecular weight is 511 g/mol. The van der Waals surface area contributed by atoms with Crippen LogP contribution in [0.25, 0.3) is 33.6 Å². The number of aromatic nitrogens is 2. The third-order valence-electron chi connectivity index (χ3n) is 5.37. The number of hydrogen-bond donors (Lipinski definition) is 0. The lowest BCUT2D eigenvalue weighted by Gasteiger charge is -2.14. The molecule has 0 aliphatic heterocycles. The molecule has 0 N–H and O–H groups in total. The van der Waals surface area contributed by atoms with Crippen molar-refractivity contribution in [1.82, 2.24) is 9.97 Å². The van der Waals surface area contributed by atoms with E-state index in [1.54, 1.807) is 36.4 Å². The Hall–Kier alpha value is -3.81. The van der Waals surface area contributed by atoms with Crippen LogP contribution in [0, 0.1) is 5.82 Å². The third-order valence-corrected chi connectivity index (χ3v) is 6.16. The predicted molar refractivity (Wildman–Crippen MR) is 132 cm³/mol. The highest BCUT2D eigenvalue weighted by Gasteiger charge is 2.19. The summed E-state index contributed by atoms with van der Waals surface area (Å²) >= 11 is 13.5. The monoisotopic (exact) mass is 510 g/mol. The van der Waals surface area contributed by atoms with Crippen molar-refractivity contribution in [2.75, 3.05) is 14.2 Å². The summed E-state index contributed by atoms with van der Waals surface area (Å²) in [5.41, 5.74) is 2.99. The van der Waals surface area contributed by atoms with E-state index in [1.165, 1.54) is 32.5 Å². The molecule has 6 nitrogen and oxygen atoms in total. The predicted octanol–water partition coefficient (Wildman–Crippen LogP) is 6.57. The molecule has 4 aromatic rings. The lowest BCUT2D eigenvalue weighted by Crippen LogP contribution is -1.98. The van der Waals surface area contributed by atoms with Crippen molar-refractivity contribution in [1.29, 1.82) is 0 Å². The fourth-order valence-electron chi connectivity index (χ4n) is 3.66. The van der Waals surface area contributed by atoms with E-state index in [2.05, 4.69) is 9.97 Å². The second-order valence-electron chi connectivity index (χ2n) is 7.29. The number of methoxy groups -OCH3 is 2. The molecule has 0 unspecified atom stereocenters. The Bertz CT molecular complexity index is 1460. The fraction of sp³-hybridized carbons (Fsp3) is 0.0769. The van der Waals surface area contributed by atoms with Gasteiger partial charge in [-0.05, 0) is 30.3 Å². The fourth-order valence-corrected chi connectivity index (χ4v) is 4.31. The maximum atomic E-state index is 14.5. The van der Waals surface area contributed by atoms with Crippen molar-refractivity contribution in [3.8, 4) is 45.3 Å². The quantitative estimate of drug-likeness (QED) is 0.262. The standard InChI is InChI=1S/C26H17Cl2FN2O4/c1-34-22-11-15(10-20(29)19(22)13-33)25-24(28)17(8-9-30-25)16-4-3-5-18(23(16)27)21-7-6-14(12-32)26(31-21)35-2/h3-13H,1-2H3. The van der Waals surface area contributed by atoms with Gasteiger partial charge >= 0.3 is 0 Å². The molecule has 9 heteroatoms. The number of ether oxygens (including phenoxy) is 2. The van der Waals surface area contributed by atoms with Crippen LogP contribution in [0.1, 0.15) is 20.7 Å². The van der Waals surface area contributed by atoms with E-state index in [1.807, 2.05) is 0 Å². The molecule has 0 atom stereocenters. The Morgan fingerprint density at radius 2 is 1.63 bits per heavy atom. The first kappa shape index (κ1) is 24.3. The molecule has 0 aliphatic carbocycles. The maximum absolute atomic E-state index is 14.5. The molecular formula is C26H17Cl2FN2O4. The molecule has 4 rings (SSSR count). The van der Waals surface area contributed by atoms with Crippen LogP contribution in [0.4, 0.5) is 4.39 Å². The molecule has 0 aliphatic rings. The zero-order valence-electron chi connectivity index (χ0n) is 18.5. The molecule has 0 bridgehead atoms. The Morgan fingerprint density at radius 3 is 2.31 bits per heavy atom. The summed E-state index contributed by atoms with van der Waals surface area (Å²) in [5, 5.41) is 0.591. The second kappa shape index (κ2) is 10.2. The maximum Gasteiger partial charge on any atom is 0.224 e. The average Bonchev–Trinajstić information content (AvgIpc) is 2.88. The number of aldehydes is 2. The van der Waals surface area contributed by atoms with Gasteiger partial charge in [0.1, 0.15) is 11.6 Å². The second-order valence-corrected chi connectivity index (χ2v) is 8.05. The van der Waals surface area contributed by atoms with Crippen molar-refractivity contribution in [3.05, 3.63) is 81.7 Å². The van der Waals surface area contributed by atoms with E-state index in [0.717, 1.165) is 0 Å². The Morgan fingerprint density at radius 1 is 0.886 bits per heavy atom. The molecule has 2 aromatic heterocycles. The minimum absolute atomic E-state index is 0.0668. The number of rotatable bonds is 7. The zero-order chi connectivity index (χ0) is 25.1. The molecule has 0 radical (unpaired) electrons. The number of carbonyl (C=O) groups excluding carboxylic acids is 2. The minimum atomic E-state index is -0.753. The van der Waals surface area contributed by atoms with Crippen LogP contribution < -0.4 is 9.47 Å². The molecular weight excluding hydrogens is 494 g/mol. The highest BCUT2D eigenvalue weighted by atomic mass is 35.5. The van der Waals surface area contributed by atoms with E-state index < -0.39 is 5.82 Å². The molecule has 2 aromatic carbocycles. The van der Waals surface area contributed by atoms with E-state index in [4.69, 9.17) is 32.7 Å². The summed E-state index contributed by atoms with van der Waals surface area (Å²) in [6, 6.07) is 13.0. The van der Waals surface area contributed by atoms with Gasteiger partial charge in [0.25, 0.3) is 0 Å². The van der Waals surface area contributed by atoms with Crippen LogP contribution in [0.15, 0.2) is 54.7 Å². The first-order valence-corrected chi connectivity index (χ1v) is 11.0. The summed E-state index contributed by atoms with van der Waals surface area (Å²) in [6.07, 6.45) is 2.57. The van der Waals surface area contributed by atoms with E-state index >= 15 is 0 Å². The van der Waals surface area contributed by atoms with Gasteiger partial charge < -0.3 is 9.47 Å². The Kier molecular flexibility index (Phi) is 7.10. The number of benzene rings is 2. The molecule has 0 saturated heterocycles. The lowest BCUT2D eigenvalue weighted by molar-refractivity contribution is 0.111. The molecule has 0 amide bonds. The van der Waals surface area contributed by atoms with Crippen molar-refractivity contribution < 1.29 is 23.5 Å². The van der Waals surface area contributed by atoms with E-state index in [0.29, 0.717) is 51.1 Å². The first-order chi connectivity index (χ1) is 16.9. The van der Waals surface area contributed by atoms with Gasteiger partial charge in [0.05, 0.1) is 46.8 Å². The van der Waals surface area contributed by atoms with Crippen LogP contribution in [-0.2, 0) is 0 Å². The number of carbonyl (C=O) groups is 2. The largest absolute Gasteiger partial charge is 0.496 e. The number of halogens is 3.